The molecule has 0 aliphatic carbocycles. The summed E-state index contributed by atoms with van der Waals surface area (Å²) in [6.45, 7) is 7.02. The van der Waals surface area contributed by atoms with Crippen molar-refractivity contribution in [3.63, 3.8) is 0 Å². The van der Waals surface area contributed by atoms with Gasteiger partial charge in [0.05, 0.1) is 11.6 Å². The van der Waals surface area contributed by atoms with Gasteiger partial charge in [0.1, 0.15) is 11.4 Å². The lowest BCUT2D eigenvalue weighted by molar-refractivity contribution is 0.0508. The molecule has 0 fully saturated rings. The average Bonchev–Trinajstić information content (AvgIpc) is 2.26. The molecule has 104 valence electrons. The van der Waals surface area contributed by atoms with Crippen molar-refractivity contribution in [3.05, 3.63) is 35.1 Å². The number of hydrogen-bond acceptors (Lipinski definition) is 3. The fraction of sp³-hybridized carbons (Fsp3) is 0.429. The molecule has 4 nitrogen and oxygen atoms in total. The van der Waals surface area contributed by atoms with E-state index in [0.717, 1.165) is 0 Å². The highest BCUT2D eigenvalue weighted by atomic mass is 19.1. The number of amides is 1. The number of aldehydes is 1. The van der Waals surface area contributed by atoms with Crippen LogP contribution in [-0.4, -0.2) is 18.0 Å². The van der Waals surface area contributed by atoms with Crippen LogP contribution in [0.3, 0.4) is 0 Å². The zero-order valence-corrected chi connectivity index (χ0v) is 11.5. The van der Waals surface area contributed by atoms with E-state index in [9.17, 15) is 14.0 Å². The second-order valence-electron chi connectivity index (χ2n) is 5.27. The predicted molar refractivity (Wildman–Crippen MR) is 69.6 cm³/mol. The maximum atomic E-state index is 13.2. The zero-order valence-electron chi connectivity index (χ0n) is 11.5. The Kier molecular flexibility index (Phi) is 4.64. The monoisotopic (exact) mass is 267 g/mol. The van der Waals surface area contributed by atoms with Crippen LogP contribution in [0, 0.1) is 5.82 Å². The average molecular weight is 267 g/mol. The molecular formula is C14H18FNO3. The van der Waals surface area contributed by atoms with Gasteiger partial charge in [0.2, 0.25) is 0 Å². The van der Waals surface area contributed by atoms with Gasteiger partial charge in [0.25, 0.3) is 0 Å². The maximum absolute atomic E-state index is 13.2. The molecule has 1 N–H and O–H groups in total. The van der Waals surface area contributed by atoms with Crippen molar-refractivity contribution < 1.29 is 18.7 Å². The Morgan fingerprint density at radius 1 is 1.42 bits per heavy atom. The smallest absolute Gasteiger partial charge is 0.408 e. The lowest BCUT2D eigenvalue weighted by Gasteiger charge is -2.22. The third kappa shape index (κ3) is 4.69. The summed E-state index contributed by atoms with van der Waals surface area (Å²) in [5, 5.41) is 2.62. The molecule has 0 saturated carbocycles. The summed E-state index contributed by atoms with van der Waals surface area (Å²) in [5.41, 5.74) is 0.0188. The minimum absolute atomic E-state index is 0.0321. The van der Waals surface area contributed by atoms with Crippen LogP contribution in [0.5, 0.6) is 0 Å². The lowest BCUT2D eigenvalue weighted by Crippen LogP contribution is -2.34. The molecular weight excluding hydrogens is 249 g/mol. The first-order chi connectivity index (χ1) is 8.73. The van der Waals surface area contributed by atoms with Gasteiger partial charge in [-0.1, -0.05) is 6.07 Å². The van der Waals surface area contributed by atoms with Crippen LogP contribution in [0.4, 0.5) is 9.18 Å². The molecule has 1 aromatic carbocycles. The first kappa shape index (κ1) is 15.1. The van der Waals surface area contributed by atoms with Crippen LogP contribution in [0.2, 0.25) is 0 Å². The second-order valence-corrected chi connectivity index (χ2v) is 5.27. The summed E-state index contributed by atoms with van der Waals surface area (Å²) in [4.78, 5) is 22.2. The normalized spacial score (nSPS) is 12.7. The number of ether oxygens (including phenoxy) is 1. The molecule has 1 aromatic rings. The highest BCUT2D eigenvalue weighted by molar-refractivity contribution is 5.75. The number of carbonyl (C=O) groups excluding carboxylic acids is 2. The topological polar surface area (TPSA) is 55.4 Å². The number of rotatable bonds is 3. The summed E-state index contributed by atoms with van der Waals surface area (Å²) >= 11 is 0. The Bertz CT molecular complexity index is 480. The number of benzene rings is 1. The Morgan fingerprint density at radius 2 is 2.05 bits per heavy atom. The molecule has 1 rings (SSSR count). The fourth-order valence-corrected chi connectivity index (χ4v) is 1.49. The molecule has 1 unspecified atom stereocenters. The van der Waals surface area contributed by atoms with Gasteiger partial charge in [-0.3, -0.25) is 4.79 Å². The highest BCUT2D eigenvalue weighted by Gasteiger charge is 2.18. The van der Waals surface area contributed by atoms with Gasteiger partial charge >= 0.3 is 6.09 Å². The van der Waals surface area contributed by atoms with Crippen molar-refractivity contribution in [1.82, 2.24) is 5.32 Å². The van der Waals surface area contributed by atoms with E-state index in [-0.39, 0.29) is 11.6 Å². The van der Waals surface area contributed by atoms with Gasteiger partial charge in [0, 0.05) is 0 Å². The largest absolute Gasteiger partial charge is 0.444 e. The Labute approximate surface area is 112 Å². The van der Waals surface area contributed by atoms with Crippen molar-refractivity contribution >= 4 is 12.4 Å². The molecule has 1 amide bonds. The lowest BCUT2D eigenvalue weighted by atomic mass is 10.1. The van der Waals surface area contributed by atoms with E-state index in [1.807, 2.05) is 0 Å². The Hall–Kier alpha value is -1.91. The summed E-state index contributed by atoms with van der Waals surface area (Å²) < 4.78 is 18.3. The van der Waals surface area contributed by atoms with Crippen molar-refractivity contribution in [2.45, 2.75) is 39.3 Å². The van der Waals surface area contributed by atoms with Gasteiger partial charge in [-0.05, 0) is 45.4 Å². The Morgan fingerprint density at radius 3 is 2.58 bits per heavy atom. The van der Waals surface area contributed by atoms with E-state index >= 15 is 0 Å². The zero-order chi connectivity index (χ0) is 14.6. The first-order valence-electron chi connectivity index (χ1n) is 5.97. The number of hydrogen-bond donors (Lipinski definition) is 1. The molecule has 19 heavy (non-hydrogen) atoms. The molecule has 1 atom stereocenters. The molecule has 0 aliphatic rings. The van der Waals surface area contributed by atoms with E-state index < -0.39 is 17.5 Å². The van der Waals surface area contributed by atoms with E-state index in [1.54, 1.807) is 27.7 Å². The molecule has 0 spiro atoms. The minimum Gasteiger partial charge on any atom is -0.444 e. The van der Waals surface area contributed by atoms with Crippen LogP contribution in [-0.2, 0) is 4.74 Å². The number of nitrogens with one attached hydrogen (secondary N) is 1. The maximum Gasteiger partial charge on any atom is 0.408 e. The standard InChI is InChI=1S/C14H18FNO3/c1-9(16-13(18)19-14(2,3)4)10-5-6-12(15)11(7-10)8-17/h5-9H,1-4H3,(H,16,18). The van der Waals surface area contributed by atoms with Gasteiger partial charge in [-0.15, -0.1) is 0 Å². The second kappa shape index (κ2) is 5.82. The van der Waals surface area contributed by atoms with E-state index in [2.05, 4.69) is 5.32 Å². The molecule has 5 heteroatoms. The molecule has 0 aromatic heterocycles. The van der Waals surface area contributed by atoms with Gasteiger partial charge < -0.3 is 10.1 Å². The van der Waals surface area contributed by atoms with Crippen LogP contribution in [0.1, 0.15) is 49.7 Å². The van der Waals surface area contributed by atoms with E-state index in [1.165, 1.54) is 18.2 Å². The van der Waals surface area contributed by atoms with E-state index in [4.69, 9.17) is 4.74 Å². The summed E-state index contributed by atoms with van der Waals surface area (Å²) in [6.07, 6.45) is -0.115. The summed E-state index contributed by atoms with van der Waals surface area (Å²) in [5.74, 6) is -0.580. The third-order valence-electron chi connectivity index (χ3n) is 2.38. The van der Waals surface area contributed by atoms with Gasteiger partial charge in [-0.2, -0.15) is 0 Å². The van der Waals surface area contributed by atoms with Crippen molar-refractivity contribution in [1.29, 1.82) is 0 Å². The first-order valence-corrected chi connectivity index (χ1v) is 5.97. The SMILES string of the molecule is CC(NC(=O)OC(C)(C)C)c1ccc(F)c(C=O)c1. The number of carbonyl (C=O) groups is 2. The van der Waals surface area contributed by atoms with E-state index in [0.29, 0.717) is 11.8 Å². The van der Waals surface area contributed by atoms with Crippen LogP contribution in [0.25, 0.3) is 0 Å². The minimum atomic E-state index is -0.583. The number of alkyl carbamates (subject to hydrolysis) is 1. The van der Waals surface area contributed by atoms with Crippen LogP contribution in [0.15, 0.2) is 18.2 Å². The summed E-state index contributed by atoms with van der Waals surface area (Å²) in [6, 6.07) is 3.75. The van der Waals surface area contributed by atoms with Crippen molar-refractivity contribution in [3.8, 4) is 0 Å². The molecule has 0 aliphatic heterocycles. The van der Waals surface area contributed by atoms with Crippen molar-refractivity contribution in [2.75, 3.05) is 0 Å². The Balaban J connectivity index is 2.76. The number of halogens is 1. The third-order valence-corrected chi connectivity index (χ3v) is 2.38. The van der Waals surface area contributed by atoms with Crippen LogP contribution < -0.4 is 5.32 Å². The molecule has 0 saturated heterocycles. The predicted octanol–water partition coefficient (Wildman–Crippen LogP) is 3.22. The molecule has 0 heterocycles. The van der Waals surface area contributed by atoms with Gasteiger partial charge in [0.15, 0.2) is 6.29 Å². The highest BCUT2D eigenvalue weighted by Crippen LogP contribution is 2.17. The fourth-order valence-electron chi connectivity index (χ4n) is 1.49. The summed E-state index contributed by atoms with van der Waals surface area (Å²) in [7, 11) is 0. The van der Waals surface area contributed by atoms with Gasteiger partial charge in [-0.25, -0.2) is 9.18 Å². The van der Waals surface area contributed by atoms with Crippen LogP contribution >= 0.6 is 0 Å². The molecule has 0 bridgehead atoms. The quantitative estimate of drug-likeness (QED) is 0.855. The molecule has 0 radical (unpaired) electrons. The van der Waals surface area contributed by atoms with Crippen molar-refractivity contribution in [2.24, 2.45) is 0 Å².